The van der Waals surface area contributed by atoms with Gasteiger partial charge in [0.05, 0.1) is 12.3 Å². The van der Waals surface area contributed by atoms with Gasteiger partial charge in [0, 0.05) is 13.2 Å². The Labute approximate surface area is 124 Å². The van der Waals surface area contributed by atoms with Crippen LogP contribution in [0.1, 0.15) is 40.0 Å². The van der Waals surface area contributed by atoms with Gasteiger partial charge in [0.1, 0.15) is 5.72 Å². The fourth-order valence-corrected chi connectivity index (χ4v) is 4.76. The average molecular weight is 297 g/mol. The summed E-state index contributed by atoms with van der Waals surface area (Å²) in [6.45, 7) is 11.3. The fraction of sp³-hybridized carbons (Fsp3) is 0.929. The highest BCUT2D eigenvalue weighted by Gasteiger charge is 2.60. The Morgan fingerprint density at radius 1 is 1.40 bits per heavy atom. The van der Waals surface area contributed by atoms with E-state index < -0.39 is 8.32 Å². The number of fused-ring (bicyclic) bond motifs is 2. The molecule has 20 heavy (non-hydrogen) atoms. The van der Waals surface area contributed by atoms with E-state index in [1.165, 1.54) is 0 Å². The Morgan fingerprint density at radius 3 is 2.55 bits per heavy atom. The van der Waals surface area contributed by atoms with E-state index in [4.69, 9.17) is 9.16 Å². The number of rotatable bonds is 5. The van der Waals surface area contributed by atoms with E-state index in [0.29, 0.717) is 13.5 Å². The largest absolute Gasteiger partial charge is 0.410 e. The zero-order chi connectivity index (χ0) is 15.2. The summed E-state index contributed by atoms with van der Waals surface area (Å²) in [5.41, 5.74) is -0.374. The first-order valence-electron chi connectivity index (χ1n) is 7.61. The van der Waals surface area contributed by atoms with Gasteiger partial charge >= 0.3 is 0 Å². The van der Waals surface area contributed by atoms with Gasteiger partial charge in [-0.15, -0.1) is 0 Å². The van der Waals surface area contributed by atoms with Gasteiger partial charge < -0.3 is 18.8 Å². The second-order valence-electron chi connectivity index (χ2n) is 7.66. The zero-order valence-corrected chi connectivity index (χ0v) is 14.7. The van der Waals surface area contributed by atoms with Crippen LogP contribution in [0.5, 0.6) is 0 Å². The van der Waals surface area contributed by atoms with Crippen molar-refractivity contribution in [1.82, 2.24) is 4.81 Å². The number of carbonyl (C=O) groups is 1. The molecule has 0 saturated carbocycles. The van der Waals surface area contributed by atoms with Gasteiger partial charge in [-0.25, -0.2) is 0 Å². The SMILES string of the molecule is COC12CCC(CC1O[Si](C)(C)C(C)(C)C)N2BC=O. The Bertz CT molecular complexity index is 385. The van der Waals surface area contributed by atoms with Crippen molar-refractivity contribution in [3.05, 3.63) is 0 Å². The van der Waals surface area contributed by atoms with Crippen LogP contribution in [0.3, 0.4) is 0 Å². The zero-order valence-electron chi connectivity index (χ0n) is 13.7. The molecule has 2 aliphatic heterocycles. The Balaban J connectivity index is 2.20. The normalized spacial score (nSPS) is 34.5. The van der Waals surface area contributed by atoms with E-state index >= 15 is 0 Å². The molecule has 4 nitrogen and oxygen atoms in total. The molecule has 2 heterocycles. The average Bonchev–Trinajstić information content (AvgIpc) is 2.80. The van der Waals surface area contributed by atoms with Crippen LogP contribution < -0.4 is 0 Å². The second-order valence-corrected chi connectivity index (χ2v) is 12.4. The highest BCUT2D eigenvalue weighted by atomic mass is 28.4. The van der Waals surface area contributed by atoms with Crippen molar-refractivity contribution in [2.45, 2.75) is 76.0 Å². The summed E-state index contributed by atoms with van der Waals surface area (Å²) >= 11 is 0. The smallest absolute Gasteiger partial charge is 0.283 e. The van der Waals surface area contributed by atoms with Gasteiger partial charge in [-0.3, -0.25) is 0 Å². The number of nitrogens with zero attached hydrogens (tertiary/aromatic N) is 1. The van der Waals surface area contributed by atoms with Crippen molar-refractivity contribution in [2.24, 2.45) is 0 Å². The number of ether oxygens (including phenoxy) is 1. The van der Waals surface area contributed by atoms with Crippen LogP contribution in [0.25, 0.3) is 0 Å². The molecule has 114 valence electrons. The van der Waals surface area contributed by atoms with Gasteiger partial charge in [-0.05, 0) is 37.4 Å². The number of hydrogen-bond acceptors (Lipinski definition) is 4. The summed E-state index contributed by atoms with van der Waals surface area (Å²) in [5, 5.41) is 0.194. The van der Waals surface area contributed by atoms with Crippen molar-refractivity contribution in [1.29, 1.82) is 0 Å². The van der Waals surface area contributed by atoms with Crippen LogP contribution >= 0.6 is 0 Å². The van der Waals surface area contributed by atoms with E-state index in [1.807, 2.05) is 0 Å². The van der Waals surface area contributed by atoms with E-state index in [9.17, 15) is 4.79 Å². The number of hydrogen-bond donors (Lipinski definition) is 0. The van der Waals surface area contributed by atoms with E-state index in [1.54, 1.807) is 7.11 Å². The first kappa shape index (κ1) is 16.2. The van der Waals surface area contributed by atoms with Crippen molar-refractivity contribution in [3.63, 3.8) is 0 Å². The molecule has 0 aromatic carbocycles. The summed E-state index contributed by atoms with van der Waals surface area (Å²) in [6.07, 6.45) is 4.17. The Morgan fingerprint density at radius 2 is 2.05 bits per heavy atom. The third-order valence-electron chi connectivity index (χ3n) is 5.62. The van der Waals surface area contributed by atoms with Crippen LogP contribution in [0.2, 0.25) is 18.1 Å². The molecule has 2 bridgehead atoms. The summed E-state index contributed by atoms with van der Waals surface area (Å²) in [7, 11) is 0.393. The molecule has 2 saturated heterocycles. The maximum absolute atomic E-state index is 11.0. The minimum Gasteiger partial charge on any atom is -0.410 e. The van der Waals surface area contributed by atoms with Gasteiger partial charge in [-0.1, -0.05) is 20.8 Å². The topological polar surface area (TPSA) is 38.8 Å². The first-order valence-corrected chi connectivity index (χ1v) is 10.5. The second kappa shape index (κ2) is 5.23. The lowest BCUT2D eigenvalue weighted by molar-refractivity contribution is -0.124. The number of methoxy groups -OCH3 is 1. The summed E-state index contributed by atoms with van der Waals surface area (Å²) in [5.74, 6) is 0. The first-order chi connectivity index (χ1) is 9.18. The lowest BCUT2D eigenvalue weighted by Gasteiger charge is -2.44. The molecule has 0 amide bonds. The van der Waals surface area contributed by atoms with Crippen LogP contribution in [-0.4, -0.2) is 51.7 Å². The highest BCUT2D eigenvalue weighted by molar-refractivity contribution is 6.74. The minimum atomic E-state index is -1.82. The van der Waals surface area contributed by atoms with Gasteiger partial charge in [-0.2, -0.15) is 0 Å². The number of carbonyl (C=O) groups excluding carboxylic acids is 1. The van der Waals surface area contributed by atoms with Gasteiger partial charge in [0.15, 0.2) is 8.32 Å². The van der Waals surface area contributed by atoms with Crippen molar-refractivity contribution in [2.75, 3.05) is 7.11 Å². The molecule has 2 fully saturated rings. The molecule has 6 heteroatoms. The molecular weight excluding hydrogens is 269 g/mol. The molecule has 2 rings (SSSR count). The molecule has 3 unspecified atom stereocenters. The quantitative estimate of drug-likeness (QED) is 0.575. The van der Waals surface area contributed by atoms with Gasteiger partial charge in [0.2, 0.25) is 0 Å². The highest BCUT2D eigenvalue weighted by Crippen LogP contribution is 2.50. The predicted octanol–water partition coefficient (Wildman–Crippen LogP) is 2.13. The fourth-order valence-electron chi connectivity index (χ4n) is 3.41. The third-order valence-corrected chi connectivity index (χ3v) is 10.1. The van der Waals surface area contributed by atoms with Crippen LogP contribution in [-0.2, 0) is 14.0 Å². The standard InChI is InChI=1S/C14H28BNO3Si/c1-13(2,3)20(5,6)19-12-9-11-7-8-14(12,18-4)16(11)15-10-17/h10-12,15H,7-9H2,1-6H3. The van der Waals surface area contributed by atoms with Crippen LogP contribution in [0, 0.1) is 0 Å². The summed E-state index contributed by atoms with van der Waals surface area (Å²) in [4.78, 5) is 13.2. The van der Waals surface area contributed by atoms with E-state index in [-0.39, 0.29) is 16.9 Å². The Kier molecular flexibility index (Phi) is 4.24. The van der Waals surface area contributed by atoms with Gasteiger partial charge in [0.25, 0.3) is 7.41 Å². The molecular formula is C14H28BNO3Si. The summed E-state index contributed by atoms with van der Waals surface area (Å²) < 4.78 is 12.5. The molecule has 0 radical (unpaired) electrons. The third kappa shape index (κ3) is 2.41. The van der Waals surface area contributed by atoms with Crippen molar-refractivity contribution in [3.8, 4) is 0 Å². The van der Waals surface area contributed by atoms with Crippen LogP contribution in [0.4, 0.5) is 0 Å². The summed E-state index contributed by atoms with van der Waals surface area (Å²) in [6, 6.07) is 0.440. The van der Waals surface area contributed by atoms with E-state index in [0.717, 1.165) is 25.4 Å². The molecule has 0 N–H and O–H groups in total. The van der Waals surface area contributed by atoms with Crippen molar-refractivity contribution < 1.29 is 14.0 Å². The molecule has 0 aromatic heterocycles. The molecule has 2 aliphatic rings. The maximum Gasteiger partial charge on any atom is 0.283 e. The molecule has 3 atom stereocenters. The molecule has 0 aliphatic carbocycles. The van der Waals surface area contributed by atoms with E-state index in [2.05, 4.69) is 38.7 Å². The molecule has 0 spiro atoms. The maximum atomic E-state index is 11.0. The lowest BCUT2D eigenvalue weighted by Crippen LogP contribution is -2.56. The molecule has 0 aromatic rings. The van der Waals surface area contributed by atoms with Crippen molar-refractivity contribution >= 4 is 21.9 Å². The monoisotopic (exact) mass is 297 g/mol. The lowest BCUT2D eigenvalue weighted by atomic mass is 9.91. The van der Waals surface area contributed by atoms with Crippen LogP contribution in [0.15, 0.2) is 0 Å². The Hall–Kier alpha value is -0.168. The predicted molar refractivity (Wildman–Crippen MR) is 85.2 cm³/mol. The minimum absolute atomic E-state index is 0.104.